The molecule has 0 spiro atoms. The topological polar surface area (TPSA) is 64.8 Å². The molecule has 1 aliphatic heterocycles. The van der Waals surface area contributed by atoms with Crippen molar-refractivity contribution in [1.29, 1.82) is 0 Å². The molecule has 2 N–H and O–H groups in total. The first-order valence-electron chi connectivity index (χ1n) is 6.97. The van der Waals surface area contributed by atoms with Crippen molar-refractivity contribution in [1.82, 2.24) is 0 Å². The number of carbonyl (C=O) groups is 1. The lowest BCUT2D eigenvalue weighted by atomic mass is 10.1. The Morgan fingerprint density at radius 3 is 2.95 bits per heavy atom. The third kappa shape index (κ3) is 3.04. The van der Waals surface area contributed by atoms with E-state index in [9.17, 15) is 4.79 Å². The summed E-state index contributed by atoms with van der Waals surface area (Å²) in [7, 11) is 0. The summed E-state index contributed by atoms with van der Waals surface area (Å²) >= 11 is 0. The van der Waals surface area contributed by atoms with E-state index in [0.717, 1.165) is 12.2 Å². The van der Waals surface area contributed by atoms with E-state index in [1.807, 2.05) is 13.0 Å². The predicted molar refractivity (Wildman–Crippen MR) is 79.0 cm³/mol. The first-order valence-corrected chi connectivity index (χ1v) is 6.97. The summed E-state index contributed by atoms with van der Waals surface area (Å²) in [4.78, 5) is 14.0. The molecule has 5 heteroatoms. The number of hydrogen-bond acceptors (Lipinski definition) is 5. The fourth-order valence-electron chi connectivity index (χ4n) is 2.37. The Morgan fingerprint density at radius 2 is 2.25 bits per heavy atom. The first kappa shape index (κ1) is 14.7. The largest absolute Gasteiger partial charge is 0.462 e. The van der Waals surface area contributed by atoms with Crippen molar-refractivity contribution in [2.24, 2.45) is 0 Å². The predicted octanol–water partition coefficient (Wildman–Crippen LogP) is 2.06. The standard InChI is InChI=1S/C15H22N2O3/c1-4-19-15(18)12-5-6-13(16)14(7-12)17-8-11(3)20-9-10(17)2/h5-7,10-11H,4,8-9,16H2,1-3H3. The number of nitrogen functional groups attached to an aromatic ring is 1. The van der Waals surface area contributed by atoms with E-state index >= 15 is 0 Å². The first-order chi connectivity index (χ1) is 9.52. The minimum atomic E-state index is -0.317. The van der Waals surface area contributed by atoms with Crippen molar-refractivity contribution in [2.45, 2.75) is 32.9 Å². The summed E-state index contributed by atoms with van der Waals surface area (Å²) < 4.78 is 10.7. The highest BCUT2D eigenvalue weighted by molar-refractivity contribution is 5.92. The van der Waals surface area contributed by atoms with E-state index in [4.69, 9.17) is 15.2 Å². The van der Waals surface area contributed by atoms with Crippen molar-refractivity contribution < 1.29 is 14.3 Å². The number of benzene rings is 1. The smallest absolute Gasteiger partial charge is 0.338 e. The van der Waals surface area contributed by atoms with Gasteiger partial charge in [-0.3, -0.25) is 0 Å². The highest BCUT2D eigenvalue weighted by Crippen LogP contribution is 2.29. The molecule has 2 unspecified atom stereocenters. The maximum Gasteiger partial charge on any atom is 0.338 e. The van der Waals surface area contributed by atoms with Crippen LogP contribution < -0.4 is 10.6 Å². The van der Waals surface area contributed by atoms with Crippen LogP contribution in [0.5, 0.6) is 0 Å². The van der Waals surface area contributed by atoms with Crippen LogP contribution >= 0.6 is 0 Å². The lowest BCUT2D eigenvalue weighted by Gasteiger charge is -2.39. The van der Waals surface area contributed by atoms with Gasteiger partial charge in [0.25, 0.3) is 0 Å². The van der Waals surface area contributed by atoms with Gasteiger partial charge in [0.1, 0.15) is 0 Å². The van der Waals surface area contributed by atoms with Crippen LogP contribution in [0.2, 0.25) is 0 Å². The minimum absolute atomic E-state index is 0.150. The summed E-state index contributed by atoms with van der Waals surface area (Å²) in [5, 5.41) is 0. The normalized spacial score (nSPS) is 22.6. The Balaban J connectivity index is 2.30. The number of carbonyl (C=O) groups excluding carboxylic acids is 1. The molecule has 0 bridgehead atoms. The number of morpholine rings is 1. The number of ether oxygens (including phenoxy) is 2. The Morgan fingerprint density at radius 1 is 1.50 bits per heavy atom. The van der Waals surface area contributed by atoms with E-state index in [1.165, 1.54) is 0 Å². The quantitative estimate of drug-likeness (QED) is 0.677. The van der Waals surface area contributed by atoms with Crippen molar-refractivity contribution >= 4 is 17.3 Å². The molecular formula is C15H22N2O3. The third-order valence-corrected chi connectivity index (χ3v) is 3.46. The number of rotatable bonds is 3. The molecule has 1 aromatic carbocycles. The van der Waals surface area contributed by atoms with Crippen LogP contribution in [-0.4, -0.2) is 37.9 Å². The summed E-state index contributed by atoms with van der Waals surface area (Å²) in [6.07, 6.45) is 0.150. The van der Waals surface area contributed by atoms with E-state index in [2.05, 4.69) is 11.8 Å². The van der Waals surface area contributed by atoms with Gasteiger partial charge in [-0.05, 0) is 39.0 Å². The average Bonchev–Trinajstić information content (AvgIpc) is 2.42. The van der Waals surface area contributed by atoms with Crippen LogP contribution in [0.25, 0.3) is 0 Å². The summed E-state index contributed by atoms with van der Waals surface area (Å²) in [5.74, 6) is -0.317. The number of esters is 1. The number of hydrogen-bond donors (Lipinski definition) is 1. The van der Waals surface area contributed by atoms with Gasteiger partial charge < -0.3 is 20.1 Å². The Hall–Kier alpha value is -1.75. The maximum absolute atomic E-state index is 11.8. The van der Waals surface area contributed by atoms with Gasteiger partial charge in [0.2, 0.25) is 0 Å². The molecule has 0 radical (unpaired) electrons. The van der Waals surface area contributed by atoms with Crippen LogP contribution in [0.3, 0.4) is 0 Å². The molecule has 20 heavy (non-hydrogen) atoms. The Bertz CT molecular complexity index is 490. The van der Waals surface area contributed by atoms with Gasteiger partial charge in [0.15, 0.2) is 0 Å². The molecule has 1 aromatic rings. The second-order valence-electron chi connectivity index (χ2n) is 5.14. The maximum atomic E-state index is 11.8. The molecule has 2 atom stereocenters. The van der Waals surface area contributed by atoms with Gasteiger partial charge >= 0.3 is 5.97 Å². The second kappa shape index (κ2) is 6.13. The second-order valence-corrected chi connectivity index (χ2v) is 5.14. The number of nitrogens with two attached hydrogens (primary N) is 1. The highest BCUT2D eigenvalue weighted by Gasteiger charge is 2.25. The minimum Gasteiger partial charge on any atom is -0.462 e. The summed E-state index contributed by atoms with van der Waals surface area (Å²) in [5.41, 5.74) is 8.14. The fraction of sp³-hybridized carbons (Fsp3) is 0.533. The van der Waals surface area contributed by atoms with E-state index in [0.29, 0.717) is 24.5 Å². The zero-order valence-corrected chi connectivity index (χ0v) is 12.3. The molecule has 1 fully saturated rings. The lowest BCUT2D eigenvalue weighted by molar-refractivity contribution is 0.0344. The van der Waals surface area contributed by atoms with Crippen molar-refractivity contribution in [3.8, 4) is 0 Å². The van der Waals surface area contributed by atoms with Crippen molar-refractivity contribution in [3.63, 3.8) is 0 Å². The highest BCUT2D eigenvalue weighted by atomic mass is 16.5. The van der Waals surface area contributed by atoms with Gasteiger partial charge in [-0.15, -0.1) is 0 Å². The third-order valence-electron chi connectivity index (χ3n) is 3.46. The van der Waals surface area contributed by atoms with Crippen molar-refractivity contribution in [3.05, 3.63) is 23.8 Å². The SMILES string of the molecule is CCOC(=O)c1ccc(N)c(N2CC(C)OCC2C)c1. The van der Waals surface area contributed by atoms with E-state index < -0.39 is 0 Å². The molecule has 5 nitrogen and oxygen atoms in total. The van der Waals surface area contributed by atoms with Gasteiger partial charge in [0.05, 0.1) is 36.3 Å². The molecule has 0 aromatic heterocycles. The molecule has 2 rings (SSSR count). The van der Waals surface area contributed by atoms with Crippen LogP contribution in [0.1, 0.15) is 31.1 Å². The molecule has 0 amide bonds. The van der Waals surface area contributed by atoms with Crippen LogP contribution in [-0.2, 0) is 9.47 Å². The van der Waals surface area contributed by atoms with Gasteiger partial charge in [0, 0.05) is 12.6 Å². The Kier molecular flexibility index (Phi) is 4.49. The number of nitrogens with zero attached hydrogens (tertiary/aromatic N) is 1. The van der Waals surface area contributed by atoms with Gasteiger partial charge in [-0.1, -0.05) is 0 Å². The zero-order valence-electron chi connectivity index (χ0n) is 12.3. The van der Waals surface area contributed by atoms with Gasteiger partial charge in [-0.2, -0.15) is 0 Å². The van der Waals surface area contributed by atoms with Crippen LogP contribution in [0, 0.1) is 0 Å². The molecule has 1 aliphatic rings. The van der Waals surface area contributed by atoms with E-state index in [1.54, 1.807) is 19.1 Å². The lowest BCUT2D eigenvalue weighted by Crippen LogP contribution is -2.47. The zero-order chi connectivity index (χ0) is 14.7. The number of anilines is 2. The fourth-order valence-corrected chi connectivity index (χ4v) is 2.37. The van der Waals surface area contributed by atoms with E-state index in [-0.39, 0.29) is 18.1 Å². The molecule has 1 saturated heterocycles. The van der Waals surface area contributed by atoms with Crippen molar-refractivity contribution in [2.75, 3.05) is 30.4 Å². The average molecular weight is 278 g/mol. The monoisotopic (exact) mass is 278 g/mol. The van der Waals surface area contributed by atoms with Crippen LogP contribution in [0.15, 0.2) is 18.2 Å². The summed E-state index contributed by atoms with van der Waals surface area (Å²) in [6, 6.07) is 5.49. The molecule has 110 valence electrons. The van der Waals surface area contributed by atoms with Crippen LogP contribution in [0.4, 0.5) is 11.4 Å². The Labute approximate surface area is 119 Å². The molecule has 0 aliphatic carbocycles. The van der Waals surface area contributed by atoms with Gasteiger partial charge in [-0.25, -0.2) is 4.79 Å². The summed E-state index contributed by atoms with van der Waals surface area (Å²) in [6.45, 7) is 7.69. The molecular weight excluding hydrogens is 256 g/mol. The molecule has 1 heterocycles. The molecule has 0 saturated carbocycles.